The van der Waals surface area contributed by atoms with Crippen LogP contribution in [0.3, 0.4) is 0 Å². The first-order chi connectivity index (χ1) is 10.8. The van der Waals surface area contributed by atoms with E-state index in [1.807, 2.05) is 42.6 Å². The molecule has 0 bridgehead atoms. The number of hydrazone groups is 1. The Balaban J connectivity index is 1.54. The van der Waals surface area contributed by atoms with Crippen molar-refractivity contribution >= 4 is 45.4 Å². The number of H-pyrrole nitrogens is 1. The maximum atomic E-state index is 5.27. The fraction of sp³-hybridized carbons (Fsp3) is 0.0588. The Hall–Kier alpha value is -2.11. The summed E-state index contributed by atoms with van der Waals surface area (Å²) in [5.41, 5.74) is 6.30. The molecule has 0 spiro atoms. The highest BCUT2D eigenvalue weighted by atomic mass is 32.2. The smallest absolute Gasteiger partial charge is 0.154 e. The Kier molecular flexibility index (Phi) is 4.88. The number of rotatable bonds is 4. The number of nitrogens with one attached hydrogen (secondary N) is 2. The van der Waals surface area contributed by atoms with Gasteiger partial charge in [0.15, 0.2) is 4.32 Å². The number of aromatic amines is 1. The van der Waals surface area contributed by atoms with E-state index < -0.39 is 0 Å². The van der Waals surface area contributed by atoms with Crippen LogP contribution in [0.1, 0.15) is 11.1 Å². The first kappa shape index (κ1) is 14.8. The number of para-hydroxylation sites is 1. The van der Waals surface area contributed by atoms with Gasteiger partial charge in [0.05, 0.1) is 6.21 Å². The lowest BCUT2D eigenvalue weighted by Gasteiger charge is -2.02. The summed E-state index contributed by atoms with van der Waals surface area (Å²) in [7, 11) is 0. The summed E-state index contributed by atoms with van der Waals surface area (Å²) in [4.78, 5) is 3.22. The molecule has 0 aliphatic carbocycles. The van der Waals surface area contributed by atoms with Crippen LogP contribution >= 0.6 is 24.0 Å². The van der Waals surface area contributed by atoms with E-state index in [0.29, 0.717) is 4.32 Å². The lowest BCUT2D eigenvalue weighted by atomic mass is 10.2. The summed E-state index contributed by atoms with van der Waals surface area (Å²) < 4.78 is 0.667. The number of fused-ring (bicyclic) bond motifs is 1. The molecule has 110 valence electrons. The summed E-state index contributed by atoms with van der Waals surface area (Å²) in [6.45, 7) is 0. The van der Waals surface area contributed by atoms with Gasteiger partial charge in [0.25, 0.3) is 0 Å². The van der Waals surface area contributed by atoms with Crippen LogP contribution in [-0.2, 0) is 5.75 Å². The van der Waals surface area contributed by atoms with E-state index in [-0.39, 0.29) is 0 Å². The van der Waals surface area contributed by atoms with E-state index in [4.69, 9.17) is 12.2 Å². The predicted molar refractivity (Wildman–Crippen MR) is 99.4 cm³/mol. The maximum absolute atomic E-state index is 5.27. The lowest BCUT2D eigenvalue weighted by Crippen LogP contribution is -2.11. The Bertz CT molecular complexity index is 794. The van der Waals surface area contributed by atoms with Crippen molar-refractivity contribution < 1.29 is 0 Å². The van der Waals surface area contributed by atoms with Crippen molar-refractivity contribution in [3.05, 3.63) is 71.9 Å². The summed E-state index contributed by atoms with van der Waals surface area (Å²) in [6, 6.07) is 18.4. The normalized spacial score (nSPS) is 11.1. The SMILES string of the molecule is S=C(N/N=C/c1c[nH]c2ccccc12)SCc1ccccc1. The first-order valence-electron chi connectivity index (χ1n) is 6.89. The Morgan fingerprint density at radius 1 is 1.14 bits per heavy atom. The van der Waals surface area contributed by atoms with E-state index in [2.05, 4.69) is 33.7 Å². The number of nitrogens with zero attached hydrogens (tertiary/aromatic N) is 1. The van der Waals surface area contributed by atoms with Gasteiger partial charge >= 0.3 is 0 Å². The van der Waals surface area contributed by atoms with Gasteiger partial charge in [-0.05, 0) is 11.6 Å². The lowest BCUT2D eigenvalue weighted by molar-refractivity contribution is 1.07. The Morgan fingerprint density at radius 2 is 1.91 bits per heavy atom. The van der Waals surface area contributed by atoms with E-state index >= 15 is 0 Å². The zero-order valence-electron chi connectivity index (χ0n) is 11.8. The zero-order chi connectivity index (χ0) is 15.2. The van der Waals surface area contributed by atoms with Crippen molar-refractivity contribution in [2.24, 2.45) is 5.10 Å². The van der Waals surface area contributed by atoms with E-state index in [1.54, 1.807) is 18.0 Å². The second-order valence-corrected chi connectivity index (χ2v) is 6.37. The van der Waals surface area contributed by atoms with Gasteiger partial charge in [-0.25, -0.2) is 0 Å². The third-order valence-electron chi connectivity index (χ3n) is 3.19. The summed E-state index contributed by atoms with van der Waals surface area (Å²) in [5, 5.41) is 5.37. The molecule has 0 aliphatic heterocycles. The minimum absolute atomic E-state index is 0.667. The molecule has 0 saturated heterocycles. The van der Waals surface area contributed by atoms with Crippen LogP contribution in [0.5, 0.6) is 0 Å². The molecule has 1 heterocycles. The minimum Gasteiger partial charge on any atom is -0.361 e. The highest BCUT2D eigenvalue weighted by Crippen LogP contribution is 2.16. The van der Waals surface area contributed by atoms with Crippen LogP contribution in [-0.4, -0.2) is 15.5 Å². The Labute approximate surface area is 138 Å². The van der Waals surface area contributed by atoms with Crippen LogP contribution in [0.25, 0.3) is 10.9 Å². The van der Waals surface area contributed by atoms with Crippen molar-refractivity contribution in [3.63, 3.8) is 0 Å². The van der Waals surface area contributed by atoms with Gasteiger partial charge in [0, 0.05) is 28.4 Å². The Morgan fingerprint density at radius 3 is 2.77 bits per heavy atom. The molecule has 3 nitrogen and oxygen atoms in total. The molecule has 0 atom stereocenters. The molecule has 2 N–H and O–H groups in total. The van der Waals surface area contributed by atoms with Gasteiger partial charge < -0.3 is 4.98 Å². The molecule has 0 unspecified atom stereocenters. The molecule has 0 aliphatic rings. The third kappa shape index (κ3) is 3.75. The fourth-order valence-electron chi connectivity index (χ4n) is 2.11. The van der Waals surface area contributed by atoms with Crippen LogP contribution in [0.15, 0.2) is 65.9 Å². The monoisotopic (exact) mass is 325 g/mol. The van der Waals surface area contributed by atoms with Gasteiger partial charge in [-0.15, -0.1) is 0 Å². The standard InChI is InChI=1S/C17H15N3S2/c21-17(22-12-13-6-2-1-3-7-13)20-19-11-14-10-18-16-9-5-4-8-15(14)16/h1-11,18H,12H2,(H,20,21)/b19-11+. The van der Waals surface area contributed by atoms with Crippen molar-refractivity contribution in [2.45, 2.75) is 5.75 Å². The molecule has 3 aromatic rings. The fourth-order valence-corrected chi connectivity index (χ4v) is 2.95. The highest BCUT2D eigenvalue weighted by Gasteiger charge is 2.00. The number of aromatic nitrogens is 1. The van der Waals surface area contributed by atoms with Crippen LogP contribution < -0.4 is 5.43 Å². The topological polar surface area (TPSA) is 40.2 Å². The molecule has 0 radical (unpaired) electrons. The molecule has 5 heteroatoms. The number of hydrogen-bond donors (Lipinski definition) is 2. The number of thioether (sulfide) groups is 1. The molecule has 1 aromatic heterocycles. The molecular weight excluding hydrogens is 310 g/mol. The minimum atomic E-state index is 0.667. The highest BCUT2D eigenvalue weighted by molar-refractivity contribution is 8.22. The first-order valence-corrected chi connectivity index (χ1v) is 8.28. The molecule has 0 amide bonds. The second kappa shape index (κ2) is 7.24. The van der Waals surface area contributed by atoms with Crippen LogP contribution in [0, 0.1) is 0 Å². The van der Waals surface area contributed by atoms with Crippen LogP contribution in [0.4, 0.5) is 0 Å². The third-order valence-corrected chi connectivity index (χ3v) is 4.47. The molecule has 3 rings (SSSR count). The van der Waals surface area contributed by atoms with E-state index in [0.717, 1.165) is 22.2 Å². The van der Waals surface area contributed by atoms with Crippen LogP contribution in [0.2, 0.25) is 0 Å². The molecule has 22 heavy (non-hydrogen) atoms. The van der Waals surface area contributed by atoms with E-state index in [1.165, 1.54) is 5.56 Å². The molecular formula is C17H15N3S2. The van der Waals surface area contributed by atoms with Crippen molar-refractivity contribution in [1.82, 2.24) is 10.4 Å². The van der Waals surface area contributed by atoms with Gasteiger partial charge in [0.2, 0.25) is 0 Å². The number of benzene rings is 2. The second-order valence-electron chi connectivity index (χ2n) is 4.72. The number of hydrogen-bond acceptors (Lipinski definition) is 3. The molecule has 2 aromatic carbocycles. The van der Waals surface area contributed by atoms with Gasteiger partial charge in [-0.2, -0.15) is 5.10 Å². The van der Waals surface area contributed by atoms with Crippen molar-refractivity contribution in [2.75, 3.05) is 0 Å². The zero-order valence-corrected chi connectivity index (χ0v) is 13.5. The maximum Gasteiger partial charge on any atom is 0.154 e. The largest absolute Gasteiger partial charge is 0.361 e. The van der Waals surface area contributed by atoms with Gasteiger partial charge in [0.1, 0.15) is 0 Å². The predicted octanol–water partition coefficient (Wildman–Crippen LogP) is 4.31. The molecule has 0 saturated carbocycles. The summed E-state index contributed by atoms with van der Waals surface area (Å²) >= 11 is 6.84. The van der Waals surface area contributed by atoms with Gasteiger partial charge in [-0.3, -0.25) is 5.43 Å². The van der Waals surface area contributed by atoms with Crippen molar-refractivity contribution in [3.8, 4) is 0 Å². The van der Waals surface area contributed by atoms with Gasteiger partial charge in [-0.1, -0.05) is 72.5 Å². The van der Waals surface area contributed by atoms with E-state index in [9.17, 15) is 0 Å². The summed E-state index contributed by atoms with van der Waals surface area (Å²) in [6.07, 6.45) is 3.73. The molecule has 0 fully saturated rings. The summed E-state index contributed by atoms with van der Waals surface area (Å²) in [5.74, 6) is 0.843. The average Bonchev–Trinajstić information content (AvgIpc) is 2.97. The quantitative estimate of drug-likeness (QED) is 0.426. The average molecular weight is 325 g/mol. The van der Waals surface area contributed by atoms with Crippen molar-refractivity contribution in [1.29, 1.82) is 0 Å². The number of thiocarbonyl (C=S) groups is 1.